The first-order chi connectivity index (χ1) is 14.5. The number of anilines is 1. The summed E-state index contributed by atoms with van der Waals surface area (Å²) in [5.41, 5.74) is 2.09. The molecule has 2 saturated heterocycles. The van der Waals surface area contributed by atoms with Gasteiger partial charge in [-0.1, -0.05) is 0 Å². The minimum atomic E-state index is -0.355. The molecule has 2 aliphatic rings. The second-order valence-electron chi connectivity index (χ2n) is 8.11. The van der Waals surface area contributed by atoms with Crippen molar-refractivity contribution >= 4 is 11.6 Å². The number of piperidine rings is 1. The standard InChI is InChI=1S/C22H28N4O4/c1-15-10-19(30-2)5-6-20(15)22(29)25-8-3-4-16(13-25)26-21(28)11-17(12-23-26)24-9-7-18(27)14-24/h5-6,10-12,16,18,27H,3-4,7-9,13-14H2,1-2H3/t16?,18-/m0/s1. The monoisotopic (exact) mass is 412 g/mol. The molecular formula is C22H28N4O4. The van der Waals surface area contributed by atoms with E-state index in [0.29, 0.717) is 31.6 Å². The summed E-state index contributed by atoms with van der Waals surface area (Å²) in [6, 6.07) is 6.88. The van der Waals surface area contributed by atoms with Crippen LogP contribution in [0, 0.1) is 6.92 Å². The van der Waals surface area contributed by atoms with Crippen molar-refractivity contribution in [1.29, 1.82) is 0 Å². The number of benzene rings is 1. The van der Waals surface area contributed by atoms with Crippen LogP contribution in [0.5, 0.6) is 5.75 Å². The molecule has 8 heteroatoms. The molecule has 2 aromatic rings. The van der Waals surface area contributed by atoms with Crippen molar-refractivity contribution in [2.45, 2.75) is 38.3 Å². The Labute approximate surface area is 175 Å². The number of rotatable bonds is 4. The van der Waals surface area contributed by atoms with Crippen LogP contribution in [0.25, 0.3) is 0 Å². The number of ether oxygens (including phenoxy) is 1. The maximum absolute atomic E-state index is 13.1. The van der Waals surface area contributed by atoms with Gasteiger partial charge >= 0.3 is 0 Å². The van der Waals surface area contributed by atoms with Gasteiger partial charge in [-0.3, -0.25) is 9.59 Å². The third kappa shape index (κ3) is 4.05. The van der Waals surface area contributed by atoms with E-state index >= 15 is 0 Å². The van der Waals surface area contributed by atoms with Crippen molar-refractivity contribution in [3.63, 3.8) is 0 Å². The minimum Gasteiger partial charge on any atom is -0.497 e. The van der Waals surface area contributed by atoms with E-state index in [1.165, 1.54) is 4.68 Å². The average molecular weight is 412 g/mol. The number of aryl methyl sites for hydroxylation is 1. The first kappa shape index (κ1) is 20.4. The van der Waals surface area contributed by atoms with Crippen LogP contribution in [0.4, 0.5) is 5.69 Å². The minimum absolute atomic E-state index is 0.0319. The number of aliphatic hydroxyl groups is 1. The topological polar surface area (TPSA) is 87.9 Å². The Kier molecular flexibility index (Phi) is 5.76. The highest BCUT2D eigenvalue weighted by atomic mass is 16.5. The highest BCUT2D eigenvalue weighted by Gasteiger charge is 2.28. The normalized spacial score (nSPS) is 21.7. The van der Waals surface area contributed by atoms with E-state index in [9.17, 15) is 14.7 Å². The Balaban J connectivity index is 1.50. The Morgan fingerprint density at radius 2 is 2.03 bits per heavy atom. The molecule has 1 aromatic carbocycles. The van der Waals surface area contributed by atoms with Crippen LogP contribution in [0.15, 0.2) is 35.3 Å². The zero-order valence-corrected chi connectivity index (χ0v) is 17.5. The Bertz CT molecular complexity index is 989. The lowest BCUT2D eigenvalue weighted by molar-refractivity contribution is 0.0669. The number of carbonyl (C=O) groups excluding carboxylic acids is 1. The van der Waals surface area contributed by atoms with Crippen molar-refractivity contribution in [3.8, 4) is 5.75 Å². The van der Waals surface area contributed by atoms with Crippen molar-refractivity contribution < 1.29 is 14.6 Å². The van der Waals surface area contributed by atoms with E-state index in [4.69, 9.17) is 4.74 Å². The number of hydrogen-bond donors (Lipinski definition) is 1. The Morgan fingerprint density at radius 3 is 2.70 bits per heavy atom. The molecular weight excluding hydrogens is 384 g/mol. The fourth-order valence-corrected chi connectivity index (χ4v) is 4.34. The Morgan fingerprint density at radius 1 is 1.20 bits per heavy atom. The number of hydrogen-bond acceptors (Lipinski definition) is 6. The number of aromatic nitrogens is 2. The van der Waals surface area contributed by atoms with Gasteiger partial charge in [0.05, 0.1) is 31.1 Å². The summed E-state index contributed by atoms with van der Waals surface area (Å²) in [6.45, 7) is 4.27. The molecule has 160 valence electrons. The third-order valence-corrected chi connectivity index (χ3v) is 6.03. The Hall–Kier alpha value is -2.87. The number of amides is 1. The summed E-state index contributed by atoms with van der Waals surface area (Å²) in [7, 11) is 1.60. The molecule has 1 unspecified atom stereocenters. The fourth-order valence-electron chi connectivity index (χ4n) is 4.34. The highest BCUT2D eigenvalue weighted by Crippen LogP contribution is 2.25. The summed E-state index contributed by atoms with van der Waals surface area (Å²) in [6.07, 6.45) is 3.66. The quantitative estimate of drug-likeness (QED) is 0.821. The van der Waals surface area contributed by atoms with Gasteiger partial charge in [0.25, 0.3) is 11.5 Å². The van der Waals surface area contributed by atoms with Crippen LogP contribution >= 0.6 is 0 Å². The number of carbonyl (C=O) groups is 1. The lowest BCUT2D eigenvalue weighted by Gasteiger charge is -2.33. The summed E-state index contributed by atoms with van der Waals surface area (Å²) in [5.74, 6) is 0.692. The van der Waals surface area contributed by atoms with Gasteiger partial charge in [0, 0.05) is 37.8 Å². The summed E-state index contributed by atoms with van der Waals surface area (Å²) < 4.78 is 6.72. The van der Waals surface area contributed by atoms with E-state index in [1.807, 2.05) is 22.8 Å². The van der Waals surface area contributed by atoms with Gasteiger partial charge in [-0.2, -0.15) is 5.10 Å². The van der Waals surface area contributed by atoms with E-state index in [2.05, 4.69) is 5.10 Å². The molecule has 0 saturated carbocycles. The molecule has 1 amide bonds. The van der Waals surface area contributed by atoms with Crippen molar-refractivity contribution in [1.82, 2.24) is 14.7 Å². The number of methoxy groups -OCH3 is 1. The van der Waals surface area contributed by atoms with Crippen LogP contribution in [0.1, 0.15) is 41.2 Å². The molecule has 0 radical (unpaired) electrons. The van der Waals surface area contributed by atoms with Crippen LogP contribution < -0.4 is 15.2 Å². The SMILES string of the molecule is COc1ccc(C(=O)N2CCCC(n3ncc(N4CC[C@H](O)C4)cc3=O)C2)c(C)c1. The number of likely N-dealkylation sites (tertiary alicyclic amines) is 1. The predicted molar refractivity (Wildman–Crippen MR) is 113 cm³/mol. The number of nitrogens with zero attached hydrogens (tertiary/aromatic N) is 4. The second kappa shape index (κ2) is 8.47. The average Bonchev–Trinajstić information content (AvgIpc) is 3.19. The van der Waals surface area contributed by atoms with Gasteiger partial charge in [-0.15, -0.1) is 0 Å². The maximum Gasteiger partial charge on any atom is 0.269 e. The van der Waals surface area contributed by atoms with Gasteiger partial charge in [0.1, 0.15) is 5.75 Å². The summed E-state index contributed by atoms with van der Waals surface area (Å²) in [5, 5.41) is 14.1. The molecule has 4 rings (SSSR count). The fraction of sp³-hybridized carbons (Fsp3) is 0.500. The van der Waals surface area contributed by atoms with Crippen molar-refractivity contribution in [3.05, 3.63) is 51.9 Å². The van der Waals surface area contributed by atoms with Crippen molar-refractivity contribution in [2.24, 2.45) is 0 Å². The molecule has 0 aliphatic carbocycles. The van der Waals surface area contributed by atoms with Crippen LogP contribution in [0.2, 0.25) is 0 Å². The zero-order valence-electron chi connectivity index (χ0n) is 17.5. The van der Waals surface area contributed by atoms with Gasteiger partial charge < -0.3 is 19.6 Å². The lowest BCUT2D eigenvalue weighted by atomic mass is 10.0. The summed E-state index contributed by atoms with van der Waals surface area (Å²) >= 11 is 0. The lowest BCUT2D eigenvalue weighted by Crippen LogP contribution is -2.43. The molecule has 0 spiro atoms. The van der Waals surface area contributed by atoms with Crippen LogP contribution in [-0.2, 0) is 0 Å². The van der Waals surface area contributed by atoms with Gasteiger partial charge in [-0.25, -0.2) is 4.68 Å². The highest BCUT2D eigenvalue weighted by molar-refractivity contribution is 5.95. The number of β-amino-alcohol motifs (C(OH)–C–C–N with tert-alkyl or cyclic N) is 1. The molecule has 2 aliphatic heterocycles. The zero-order chi connectivity index (χ0) is 21.3. The molecule has 1 aromatic heterocycles. The molecule has 2 atom stereocenters. The van der Waals surface area contributed by atoms with E-state index < -0.39 is 0 Å². The molecule has 30 heavy (non-hydrogen) atoms. The molecule has 0 bridgehead atoms. The molecule has 2 fully saturated rings. The van der Waals surface area contributed by atoms with E-state index in [-0.39, 0.29) is 23.6 Å². The van der Waals surface area contributed by atoms with Gasteiger partial charge in [0.2, 0.25) is 0 Å². The van der Waals surface area contributed by atoms with E-state index in [0.717, 1.165) is 36.4 Å². The molecule has 3 heterocycles. The molecule has 1 N–H and O–H groups in total. The van der Waals surface area contributed by atoms with Gasteiger partial charge in [-0.05, 0) is 49.9 Å². The first-order valence-corrected chi connectivity index (χ1v) is 10.4. The third-order valence-electron chi connectivity index (χ3n) is 6.03. The van der Waals surface area contributed by atoms with E-state index in [1.54, 1.807) is 31.5 Å². The van der Waals surface area contributed by atoms with Gasteiger partial charge in [0.15, 0.2) is 0 Å². The first-order valence-electron chi connectivity index (χ1n) is 10.4. The number of aliphatic hydroxyl groups excluding tert-OH is 1. The molecule has 8 nitrogen and oxygen atoms in total. The maximum atomic E-state index is 13.1. The van der Waals surface area contributed by atoms with Crippen LogP contribution in [0.3, 0.4) is 0 Å². The van der Waals surface area contributed by atoms with Crippen LogP contribution in [-0.4, -0.2) is 65.1 Å². The predicted octanol–water partition coefficient (Wildman–Crippen LogP) is 1.61. The smallest absolute Gasteiger partial charge is 0.269 e. The summed E-state index contributed by atoms with van der Waals surface area (Å²) in [4.78, 5) is 29.6. The van der Waals surface area contributed by atoms with Crippen molar-refractivity contribution in [2.75, 3.05) is 38.2 Å². The largest absolute Gasteiger partial charge is 0.497 e. The second-order valence-corrected chi connectivity index (χ2v) is 8.11.